The molecular formula is C23H26N2O3. The SMILES string of the molecule is CCc1ccc(C(=O)Nc2ccc3c(c2)C(=O)N2CCCCC2CCO3)cc1. The maximum Gasteiger partial charge on any atom is 0.257 e. The van der Waals surface area contributed by atoms with E-state index in [0.29, 0.717) is 29.2 Å². The Morgan fingerprint density at radius 1 is 1.14 bits per heavy atom. The number of fused-ring (bicyclic) bond motifs is 2. The highest BCUT2D eigenvalue weighted by Gasteiger charge is 2.31. The van der Waals surface area contributed by atoms with Gasteiger partial charge in [-0.1, -0.05) is 19.1 Å². The van der Waals surface area contributed by atoms with Crippen molar-refractivity contribution < 1.29 is 14.3 Å². The van der Waals surface area contributed by atoms with Crippen molar-refractivity contribution in [1.82, 2.24) is 4.90 Å². The van der Waals surface area contributed by atoms with Gasteiger partial charge in [-0.2, -0.15) is 0 Å². The molecule has 1 N–H and O–H groups in total. The van der Waals surface area contributed by atoms with E-state index < -0.39 is 0 Å². The summed E-state index contributed by atoms with van der Waals surface area (Å²) >= 11 is 0. The second kappa shape index (κ2) is 8.05. The lowest BCUT2D eigenvalue weighted by Crippen LogP contribution is -2.45. The quantitative estimate of drug-likeness (QED) is 0.867. The molecule has 0 bridgehead atoms. The summed E-state index contributed by atoms with van der Waals surface area (Å²) in [6.07, 6.45) is 5.05. The monoisotopic (exact) mass is 378 g/mol. The molecule has 0 radical (unpaired) electrons. The van der Waals surface area contributed by atoms with Crippen LogP contribution in [0.3, 0.4) is 0 Å². The largest absolute Gasteiger partial charge is 0.493 e. The number of hydrogen-bond donors (Lipinski definition) is 1. The molecule has 1 saturated heterocycles. The molecule has 0 saturated carbocycles. The van der Waals surface area contributed by atoms with Crippen LogP contribution in [0.1, 0.15) is 58.9 Å². The summed E-state index contributed by atoms with van der Waals surface area (Å²) in [6.45, 7) is 3.49. The highest BCUT2D eigenvalue weighted by molar-refractivity contribution is 6.05. The lowest BCUT2D eigenvalue weighted by molar-refractivity contribution is 0.0548. The van der Waals surface area contributed by atoms with Crippen molar-refractivity contribution in [2.24, 2.45) is 0 Å². The zero-order valence-corrected chi connectivity index (χ0v) is 16.2. The molecule has 2 aromatic carbocycles. The third-order valence-corrected chi connectivity index (χ3v) is 5.69. The van der Waals surface area contributed by atoms with E-state index in [4.69, 9.17) is 4.74 Å². The van der Waals surface area contributed by atoms with Crippen molar-refractivity contribution >= 4 is 17.5 Å². The van der Waals surface area contributed by atoms with Gasteiger partial charge in [-0.15, -0.1) is 0 Å². The van der Waals surface area contributed by atoms with Gasteiger partial charge >= 0.3 is 0 Å². The summed E-state index contributed by atoms with van der Waals surface area (Å²) in [5, 5.41) is 2.91. The maximum atomic E-state index is 13.1. The fourth-order valence-electron chi connectivity index (χ4n) is 4.02. The summed E-state index contributed by atoms with van der Waals surface area (Å²) in [6, 6.07) is 13.2. The van der Waals surface area contributed by atoms with Crippen molar-refractivity contribution in [2.75, 3.05) is 18.5 Å². The van der Waals surface area contributed by atoms with Gasteiger partial charge < -0.3 is 15.0 Å². The number of hydrogen-bond acceptors (Lipinski definition) is 3. The van der Waals surface area contributed by atoms with Crippen LogP contribution in [0, 0.1) is 0 Å². The predicted molar refractivity (Wildman–Crippen MR) is 109 cm³/mol. The Morgan fingerprint density at radius 3 is 2.75 bits per heavy atom. The van der Waals surface area contributed by atoms with Crippen molar-refractivity contribution in [1.29, 1.82) is 0 Å². The molecule has 2 amide bonds. The molecule has 2 heterocycles. The molecule has 4 rings (SSSR count). The fourth-order valence-corrected chi connectivity index (χ4v) is 4.02. The maximum absolute atomic E-state index is 13.1. The van der Waals surface area contributed by atoms with Gasteiger partial charge in [0.05, 0.1) is 12.2 Å². The molecule has 2 aliphatic heterocycles. The standard InChI is InChI=1S/C23H26N2O3/c1-2-16-6-8-17(9-7-16)22(26)24-18-10-11-21-20(15-18)23(27)25-13-4-3-5-19(25)12-14-28-21/h6-11,15,19H,2-5,12-14H2,1H3,(H,24,26). The molecule has 0 aliphatic carbocycles. The van der Waals surface area contributed by atoms with Gasteiger partial charge in [0.25, 0.3) is 11.8 Å². The van der Waals surface area contributed by atoms with Crippen LogP contribution < -0.4 is 10.1 Å². The molecular weight excluding hydrogens is 352 g/mol. The van der Waals surface area contributed by atoms with Gasteiger partial charge in [0, 0.05) is 30.3 Å². The molecule has 1 unspecified atom stereocenters. The van der Waals surface area contributed by atoms with Gasteiger partial charge in [0.2, 0.25) is 0 Å². The van der Waals surface area contributed by atoms with Crippen LogP contribution >= 0.6 is 0 Å². The van der Waals surface area contributed by atoms with Gasteiger partial charge in [-0.25, -0.2) is 0 Å². The van der Waals surface area contributed by atoms with Crippen molar-refractivity contribution in [2.45, 2.75) is 45.1 Å². The highest BCUT2D eigenvalue weighted by atomic mass is 16.5. The van der Waals surface area contributed by atoms with Crippen LogP contribution in [0.2, 0.25) is 0 Å². The zero-order valence-electron chi connectivity index (χ0n) is 16.2. The molecule has 146 valence electrons. The minimum atomic E-state index is -0.183. The number of aryl methyl sites for hydroxylation is 1. The number of carbonyl (C=O) groups excluding carboxylic acids is 2. The van der Waals surface area contributed by atoms with Crippen molar-refractivity contribution in [3.63, 3.8) is 0 Å². The molecule has 0 aromatic heterocycles. The smallest absolute Gasteiger partial charge is 0.257 e. The first-order chi connectivity index (χ1) is 13.7. The van der Waals surface area contributed by atoms with Crippen molar-refractivity contribution in [3.05, 3.63) is 59.2 Å². The molecule has 1 fully saturated rings. The van der Waals surface area contributed by atoms with Crippen LogP contribution in [-0.2, 0) is 6.42 Å². The first-order valence-electron chi connectivity index (χ1n) is 10.1. The number of benzene rings is 2. The average Bonchev–Trinajstić information content (AvgIpc) is 2.73. The Bertz CT molecular complexity index is 876. The number of amides is 2. The van der Waals surface area contributed by atoms with Gasteiger partial charge in [-0.3, -0.25) is 9.59 Å². The van der Waals surface area contributed by atoms with E-state index in [9.17, 15) is 9.59 Å². The average molecular weight is 378 g/mol. The first kappa shape index (κ1) is 18.5. The van der Waals surface area contributed by atoms with Crippen LogP contribution in [0.25, 0.3) is 0 Å². The van der Waals surface area contributed by atoms with Crippen LogP contribution in [0.5, 0.6) is 5.75 Å². The molecule has 5 heteroatoms. The summed E-state index contributed by atoms with van der Waals surface area (Å²) in [5.74, 6) is 0.416. The van der Waals surface area contributed by atoms with Gasteiger partial charge in [-0.05, 0) is 61.6 Å². The molecule has 2 aromatic rings. The van der Waals surface area contributed by atoms with E-state index in [1.807, 2.05) is 29.2 Å². The predicted octanol–water partition coefficient (Wildman–Crippen LogP) is 4.28. The zero-order chi connectivity index (χ0) is 19.5. The summed E-state index contributed by atoms with van der Waals surface area (Å²) in [5.41, 5.74) is 2.93. The number of ether oxygens (including phenoxy) is 1. The topological polar surface area (TPSA) is 58.6 Å². The van der Waals surface area contributed by atoms with Crippen molar-refractivity contribution in [3.8, 4) is 5.75 Å². The second-order valence-corrected chi connectivity index (χ2v) is 7.50. The number of nitrogens with zero attached hydrogens (tertiary/aromatic N) is 1. The van der Waals surface area contributed by atoms with E-state index in [0.717, 1.165) is 38.6 Å². The third kappa shape index (κ3) is 3.75. The number of piperidine rings is 1. The number of anilines is 1. The number of nitrogens with one attached hydrogen (secondary N) is 1. The highest BCUT2D eigenvalue weighted by Crippen LogP contribution is 2.31. The third-order valence-electron chi connectivity index (χ3n) is 5.69. The van der Waals surface area contributed by atoms with Crippen LogP contribution in [-0.4, -0.2) is 35.9 Å². The van der Waals surface area contributed by atoms with Crippen LogP contribution in [0.15, 0.2) is 42.5 Å². The summed E-state index contributed by atoms with van der Waals surface area (Å²) in [7, 11) is 0. The Hall–Kier alpha value is -2.82. The Balaban J connectivity index is 1.56. The molecule has 1 atom stereocenters. The van der Waals surface area contributed by atoms with E-state index in [1.54, 1.807) is 18.2 Å². The van der Waals surface area contributed by atoms with E-state index in [1.165, 1.54) is 5.56 Å². The Labute approximate surface area is 165 Å². The minimum Gasteiger partial charge on any atom is -0.493 e. The Kier molecular flexibility index (Phi) is 5.33. The second-order valence-electron chi connectivity index (χ2n) is 7.50. The van der Waals surface area contributed by atoms with E-state index in [2.05, 4.69) is 12.2 Å². The Morgan fingerprint density at radius 2 is 1.96 bits per heavy atom. The number of rotatable bonds is 3. The fraction of sp³-hybridized carbons (Fsp3) is 0.391. The first-order valence-corrected chi connectivity index (χ1v) is 10.1. The molecule has 2 aliphatic rings. The van der Waals surface area contributed by atoms with E-state index in [-0.39, 0.29) is 17.9 Å². The lowest BCUT2D eigenvalue weighted by atomic mass is 9.97. The van der Waals surface area contributed by atoms with E-state index >= 15 is 0 Å². The van der Waals surface area contributed by atoms with Crippen LogP contribution in [0.4, 0.5) is 5.69 Å². The normalized spacial score (nSPS) is 19.0. The summed E-state index contributed by atoms with van der Waals surface area (Å²) < 4.78 is 5.86. The number of carbonyl (C=O) groups is 2. The summed E-state index contributed by atoms with van der Waals surface area (Å²) in [4.78, 5) is 27.7. The van der Waals surface area contributed by atoms with Gasteiger partial charge in [0.15, 0.2) is 0 Å². The lowest BCUT2D eigenvalue weighted by Gasteiger charge is -2.37. The molecule has 0 spiro atoms. The molecule has 5 nitrogen and oxygen atoms in total. The van der Waals surface area contributed by atoms with Gasteiger partial charge in [0.1, 0.15) is 5.75 Å². The molecule has 28 heavy (non-hydrogen) atoms. The minimum absolute atomic E-state index is 0.00259.